The summed E-state index contributed by atoms with van der Waals surface area (Å²) in [7, 11) is 0. The number of aryl methyl sites for hydroxylation is 1. The molecule has 154 valence electrons. The van der Waals surface area contributed by atoms with Gasteiger partial charge in [0, 0.05) is 43.9 Å². The average molecular weight is 396 g/mol. The number of benzene rings is 2. The first-order valence-corrected chi connectivity index (χ1v) is 10.2. The van der Waals surface area contributed by atoms with Gasteiger partial charge < -0.3 is 15.4 Å². The van der Waals surface area contributed by atoms with Gasteiger partial charge in [-0.25, -0.2) is 0 Å². The van der Waals surface area contributed by atoms with Gasteiger partial charge in [-0.2, -0.15) is 0 Å². The van der Waals surface area contributed by atoms with Crippen LogP contribution in [-0.2, 0) is 11.2 Å². The highest BCUT2D eigenvalue weighted by Crippen LogP contribution is 2.06. The zero-order chi connectivity index (χ0) is 20.3. The minimum atomic E-state index is -0.156. The van der Waals surface area contributed by atoms with Crippen LogP contribution in [0.1, 0.15) is 32.7 Å². The molecule has 2 amide bonds. The Morgan fingerprint density at radius 2 is 1.52 bits per heavy atom. The van der Waals surface area contributed by atoms with E-state index in [1.165, 1.54) is 5.56 Å². The maximum absolute atomic E-state index is 12.4. The molecule has 29 heavy (non-hydrogen) atoms. The van der Waals surface area contributed by atoms with E-state index in [9.17, 15) is 9.59 Å². The third kappa shape index (κ3) is 7.00. The average Bonchev–Trinajstić information content (AvgIpc) is 2.78. The van der Waals surface area contributed by atoms with Gasteiger partial charge in [-0.1, -0.05) is 36.4 Å². The van der Waals surface area contributed by atoms with Crippen molar-refractivity contribution in [3.8, 4) is 0 Å². The van der Waals surface area contributed by atoms with Crippen LogP contribution in [0.4, 0.5) is 0 Å². The second-order valence-corrected chi connectivity index (χ2v) is 7.14. The molecule has 0 atom stereocenters. The molecule has 1 saturated heterocycles. The van der Waals surface area contributed by atoms with Crippen molar-refractivity contribution in [2.45, 2.75) is 12.8 Å². The number of hydrogen-bond donors (Lipinski definition) is 2. The number of rotatable bonds is 9. The highest BCUT2D eigenvalue weighted by Gasteiger charge is 2.12. The maximum atomic E-state index is 12.4. The highest BCUT2D eigenvalue weighted by molar-refractivity contribution is 5.99. The Labute approximate surface area is 172 Å². The van der Waals surface area contributed by atoms with Gasteiger partial charge in [0.2, 0.25) is 0 Å². The number of ether oxygens (including phenoxy) is 1. The van der Waals surface area contributed by atoms with E-state index in [4.69, 9.17) is 4.74 Å². The summed E-state index contributed by atoms with van der Waals surface area (Å²) in [4.78, 5) is 27.0. The fourth-order valence-corrected chi connectivity index (χ4v) is 3.30. The number of carbonyl (C=O) groups excluding carboxylic acids is 2. The summed E-state index contributed by atoms with van der Waals surface area (Å²) in [5, 5.41) is 5.86. The van der Waals surface area contributed by atoms with Crippen LogP contribution in [0.3, 0.4) is 0 Å². The number of carbonyl (C=O) groups is 2. The fourth-order valence-electron chi connectivity index (χ4n) is 3.30. The molecule has 0 aromatic heterocycles. The number of amides is 2. The first-order chi connectivity index (χ1) is 14.2. The third-order valence-electron chi connectivity index (χ3n) is 4.97. The normalized spacial score (nSPS) is 14.3. The molecule has 0 radical (unpaired) electrons. The molecule has 0 aliphatic carbocycles. The number of hydrogen-bond acceptors (Lipinski definition) is 4. The predicted molar refractivity (Wildman–Crippen MR) is 113 cm³/mol. The third-order valence-corrected chi connectivity index (χ3v) is 4.97. The van der Waals surface area contributed by atoms with Crippen molar-refractivity contribution in [1.29, 1.82) is 0 Å². The minimum Gasteiger partial charge on any atom is -0.379 e. The molecule has 2 N–H and O–H groups in total. The lowest BCUT2D eigenvalue weighted by atomic mass is 10.1. The zero-order valence-corrected chi connectivity index (χ0v) is 16.7. The monoisotopic (exact) mass is 395 g/mol. The lowest BCUT2D eigenvalue weighted by Crippen LogP contribution is -2.41. The molecular weight excluding hydrogens is 366 g/mol. The van der Waals surface area contributed by atoms with Crippen LogP contribution in [0, 0.1) is 0 Å². The summed E-state index contributed by atoms with van der Waals surface area (Å²) in [6.45, 7) is 5.27. The molecule has 2 aromatic carbocycles. The number of nitrogens with one attached hydrogen (secondary N) is 2. The smallest absolute Gasteiger partial charge is 0.251 e. The topological polar surface area (TPSA) is 70.7 Å². The molecule has 1 aliphatic heterocycles. The molecular formula is C23H29N3O3. The Hall–Kier alpha value is -2.70. The van der Waals surface area contributed by atoms with Crippen LogP contribution >= 0.6 is 0 Å². The summed E-state index contributed by atoms with van der Waals surface area (Å²) in [5.74, 6) is -0.307. The van der Waals surface area contributed by atoms with Crippen LogP contribution in [0.25, 0.3) is 0 Å². The van der Waals surface area contributed by atoms with Gasteiger partial charge in [0.1, 0.15) is 0 Å². The summed E-state index contributed by atoms with van der Waals surface area (Å²) in [6.07, 6.45) is 1.80. The summed E-state index contributed by atoms with van der Waals surface area (Å²) in [5.41, 5.74) is 2.27. The van der Waals surface area contributed by atoms with E-state index in [1.54, 1.807) is 24.3 Å². The molecule has 1 fully saturated rings. The summed E-state index contributed by atoms with van der Waals surface area (Å²) >= 11 is 0. The van der Waals surface area contributed by atoms with E-state index in [1.807, 2.05) is 18.2 Å². The van der Waals surface area contributed by atoms with Crippen molar-refractivity contribution >= 4 is 11.8 Å². The van der Waals surface area contributed by atoms with E-state index in [0.717, 1.165) is 45.7 Å². The van der Waals surface area contributed by atoms with Crippen molar-refractivity contribution in [1.82, 2.24) is 15.5 Å². The molecule has 0 bridgehead atoms. The van der Waals surface area contributed by atoms with Crippen molar-refractivity contribution < 1.29 is 14.3 Å². The Morgan fingerprint density at radius 3 is 2.21 bits per heavy atom. The van der Waals surface area contributed by atoms with Crippen LogP contribution in [0.5, 0.6) is 0 Å². The van der Waals surface area contributed by atoms with Gasteiger partial charge >= 0.3 is 0 Å². The van der Waals surface area contributed by atoms with Crippen molar-refractivity contribution in [2.75, 3.05) is 45.9 Å². The molecule has 0 unspecified atom stereocenters. The Morgan fingerprint density at radius 1 is 0.862 bits per heavy atom. The first kappa shape index (κ1) is 21.0. The molecule has 2 aromatic rings. The highest BCUT2D eigenvalue weighted by atomic mass is 16.5. The van der Waals surface area contributed by atoms with E-state index in [2.05, 4.69) is 27.7 Å². The van der Waals surface area contributed by atoms with Gasteiger partial charge in [0.05, 0.1) is 13.2 Å². The van der Waals surface area contributed by atoms with Crippen LogP contribution in [-0.4, -0.2) is 62.7 Å². The van der Waals surface area contributed by atoms with Crippen LogP contribution < -0.4 is 10.6 Å². The van der Waals surface area contributed by atoms with Crippen LogP contribution in [0.15, 0.2) is 54.6 Å². The van der Waals surface area contributed by atoms with Crippen LogP contribution in [0.2, 0.25) is 0 Å². The summed E-state index contributed by atoms with van der Waals surface area (Å²) in [6, 6.07) is 17.1. The lowest BCUT2D eigenvalue weighted by molar-refractivity contribution is 0.0383. The number of morpholine rings is 1. The van der Waals surface area contributed by atoms with Gasteiger partial charge in [-0.3, -0.25) is 14.5 Å². The Balaban J connectivity index is 1.41. The van der Waals surface area contributed by atoms with E-state index in [0.29, 0.717) is 24.2 Å². The predicted octanol–water partition coefficient (Wildman–Crippen LogP) is 2.11. The van der Waals surface area contributed by atoms with E-state index >= 15 is 0 Å². The fraction of sp³-hybridized carbons (Fsp3) is 0.391. The van der Waals surface area contributed by atoms with Crippen molar-refractivity contribution in [3.63, 3.8) is 0 Å². The molecule has 6 nitrogen and oxygen atoms in total. The maximum Gasteiger partial charge on any atom is 0.251 e. The van der Waals surface area contributed by atoms with Crippen molar-refractivity contribution in [2.24, 2.45) is 0 Å². The van der Waals surface area contributed by atoms with Gasteiger partial charge in [0.25, 0.3) is 11.8 Å². The van der Waals surface area contributed by atoms with Gasteiger partial charge in [-0.15, -0.1) is 0 Å². The molecule has 1 aliphatic rings. The molecule has 0 spiro atoms. The zero-order valence-electron chi connectivity index (χ0n) is 16.7. The summed E-state index contributed by atoms with van der Waals surface area (Å²) < 4.78 is 5.32. The molecule has 1 heterocycles. The first-order valence-electron chi connectivity index (χ1n) is 10.2. The standard InChI is InChI=1S/C23H29N3O3/c27-22(24-11-5-8-19-6-2-1-3-7-19)20-9-4-10-21(18-20)23(28)25-12-13-26-14-16-29-17-15-26/h1-4,6-7,9-10,18H,5,8,11-17H2,(H,24,27)(H,25,28). The largest absolute Gasteiger partial charge is 0.379 e. The Bertz CT molecular complexity index is 789. The van der Waals surface area contributed by atoms with Gasteiger partial charge in [-0.05, 0) is 36.6 Å². The SMILES string of the molecule is O=C(NCCCc1ccccc1)c1cccc(C(=O)NCCN2CCOCC2)c1. The molecule has 0 saturated carbocycles. The van der Waals surface area contributed by atoms with Gasteiger partial charge in [0.15, 0.2) is 0 Å². The van der Waals surface area contributed by atoms with E-state index < -0.39 is 0 Å². The second kappa shape index (κ2) is 11.3. The van der Waals surface area contributed by atoms with Crippen molar-refractivity contribution in [3.05, 3.63) is 71.3 Å². The number of nitrogens with zero attached hydrogens (tertiary/aromatic N) is 1. The van der Waals surface area contributed by atoms with E-state index in [-0.39, 0.29) is 11.8 Å². The quantitative estimate of drug-likeness (QED) is 0.638. The Kier molecular flexibility index (Phi) is 8.22. The minimum absolute atomic E-state index is 0.152. The molecule has 6 heteroatoms. The second-order valence-electron chi connectivity index (χ2n) is 7.14. The molecule has 3 rings (SSSR count). The lowest BCUT2D eigenvalue weighted by Gasteiger charge is -2.26.